The van der Waals surface area contributed by atoms with Crippen molar-refractivity contribution in [3.63, 3.8) is 0 Å². The van der Waals surface area contributed by atoms with Crippen LogP contribution in [0.4, 0.5) is 5.69 Å². The molecule has 0 saturated heterocycles. The lowest BCUT2D eigenvalue weighted by atomic mass is 10.5. The van der Waals surface area contributed by atoms with E-state index < -0.39 is 4.92 Å². The summed E-state index contributed by atoms with van der Waals surface area (Å²) in [7, 11) is 0. The van der Waals surface area contributed by atoms with Gasteiger partial charge in [0.05, 0.1) is 11.5 Å². The van der Waals surface area contributed by atoms with Crippen molar-refractivity contribution in [2.24, 2.45) is 0 Å². The largest absolute Gasteiger partial charge is 0.477 e. The van der Waals surface area contributed by atoms with Crippen molar-refractivity contribution in [2.45, 2.75) is 0 Å². The first-order chi connectivity index (χ1) is 5.75. The Kier molecular flexibility index (Phi) is 3.01. The van der Waals surface area contributed by atoms with Gasteiger partial charge in [-0.2, -0.15) is 0 Å². The maximum Gasteiger partial charge on any atom is 0.322 e. The van der Waals surface area contributed by atoms with E-state index in [0.29, 0.717) is 0 Å². The summed E-state index contributed by atoms with van der Waals surface area (Å²) in [6.45, 7) is -0.0591. The number of hydrogen-bond acceptors (Lipinski definition) is 5. The molecule has 0 fully saturated rings. The molecule has 12 heavy (non-hydrogen) atoms. The van der Waals surface area contributed by atoms with Gasteiger partial charge < -0.3 is 9.84 Å². The van der Waals surface area contributed by atoms with Crippen LogP contribution in [0.5, 0.6) is 5.06 Å². The molecule has 1 aromatic heterocycles. The lowest BCUT2D eigenvalue weighted by Crippen LogP contribution is -2.01. The van der Waals surface area contributed by atoms with Crippen molar-refractivity contribution in [3.05, 3.63) is 21.6 Å². The Labute approximate surface area is 72.4 Å². The highest BCUT2D eigenvalue weighted by Crippen LogP contribution is 2.32. The molecule has 0 saturated carbocycles. The van der Waals surface area contributed by atoms with Crippen molar-refractivity contribution >= 4 is 17.0 Å². The normalized spacial score (nSPS) is 9.75. The molecule has 0 spiro atoms. The predicted octanol–water partition coefficient (Wildman–Crippen LogP) is 1.03. The lowest BCUT2D eigenvalue weighted by molar-refractivity contribution is -0.385. The van der Waals surface area contributed by atoms with Gasteiger partial charge in [-0.15, -0.1) is 11.3 Å². The Hall–Kier alpha value is -1.14. The number of nitro groups is 1. The second-order valence-electron chi connectivity index (χ2n) is 1.92. The molecule has 1 rings (SSSR count). The van der Waals surface area contributed by atoms with Gasteiger partial charge in [-0.05, 0) is 0 Å². The Morgan fingerprint density at radius 3 is 3.08 bits per heavy atom. The highest BCUT2D eigenvalue weighted by molar-refractivity contribution is 7.12. The molecular weight excluding hydrogens is 182 g/mol. The van der Waals surface area contributed by atoms with Gasteiger partial charge in [0, 0.05) is 11.4 Å². The summed E-state index contributed by atoms with van der Waals surface area (Å²) in [6.07, 6.45) is 0. The van der Waals surface area contributed by atoms with Crippen LogP contribution < -0.4 is 4.74 Å². The minimum atomic E-state index is -0.511. The quantitative estimate of drug-likeness (QED) is 0.567. The maximum atomic E-state index is 10.3. The van der Waals surface area contributed by atoms with Gasteiger partial charge in [0.2, 0.25) is 0 Å². The number of thiophene rings is 1. The van der Waals surface area contributed by atoms with Gasteiger partial charge in [0.15, 0.2) is 0 Å². The molecule has 0 radical (unpaired) electrons. The van der Waals surface area contributed by atoms with E-state index >= 15 is 0 Å². The summed E-state index contributed by atoms with van der Waals surface area (Å²) < 4.78 is 4.91. The van der Waals surface area contributed by atoms with Crippen molar-refractivity contribution < 1.29 is 14.8 Å². The third kappa shape index (κ3) is 1.93. The van der Waals surface area contributed by atoms with E-state index in [1.54, 1.807) is 5.38 Å². The first-order valence-electron chi connectivity index (χ1n) is 3.21. The van der Waals surface area contributed by atoms with E-state index in [1.165, 1.54) is 6.07 Å². The van der Waals surface area contributed by atoms with Gasteiger partial charge in [0.1, 0.15) is 6.61 Å². The molecule has 66 valence electrons. The van der Waals surface area contributed by atoms with Crippen LogP contribution in [0.1, 0.15) is 0 Å². The summed E-state index contributed by atoms with van der Waals surface area (Å²) in [5.41, 5.74) is -0.0477. The van der Waals surface area contributed by atoms with Crippen molar-refractivity contribution in [2.75, 3.05) is 13.2 Å². The van der Waals surface area contributed by atoms with Crippen molar-refractivity contribution in [1.82, 2.24) is 0 Å². The van der Waals surface area contributed by atoms with Crippen LogP contribution in [0, 0.1) is 10.1 Å². The molecule has 0 amide bonds. The third-order valence-corrected chi connectivity index (χ3v) is 1.94. The zero-order valence-corrected chi connectivity index (χ0v) is 6.91. The average Bonchev–Trinajstić information content (AvgIpc) is 2.48. The third-order valence-electron chi connectivity index (χ3n) is 1.13. The summed E-state index contributed by atoms with van der Waals surface area (Å²) in [5, 5.41) is 20.5. The first-order valence-corrected chi connectivity index (χ1v) is 4.09. The molecule has 6 heteroatoms. The van der Waals surface area contributed by atoms with Crippen LogP contribution >= 0.6 is 11.3 Å². The summed E-state index contributed by atoms with van der Waals surface area (Å²) in [5.74, 6) is 0. The van der Waals surface area contributed by atoms with E-state index in [-0.39, 0.29) is 24.0 Å². The number of nitrogens with zero attached hydrogens (tertiary/aromatic N) is 1. The van der Waals surface area contributed by atoms with Gasteiger partial charge in [-0.3, -0.25) is 10.1 Å². The monoisotopic (exact) mass is 189 g/mol. The highest BCUT2D eigenvalue weighted by Gasteiger charge is 2.15. The molecule has 1 heterocycles. The van der Waals surface area contributed by atoms with E-state index in [0.717, 1.165) is 11.3 Å². The standard InChI is InChI=1S/C6H7NO4S/c8-2-3-11-6-5(7(9)10)1-4-12-6/h1,4,8H,2-3H2. The summed E-state index contributed by atoms with van der Waals surface area (Å²) in [4.78, 5) is 9.81. The maximum absolute atomic E-state index is 10.3. The fraction of sp³-hybridized carbons (Fsp3) is 0.333. The summed E-state index contributed by atoms with van der Waals surface area (Å²) >= 11 is 1.14. The molecule has 0 aliphatic carbocycles. The Morgan fingerprint density at radius 1 is 1.75 bits per heavy atom. The molecular formula is C6H7NO4S. The zero-order chi connectivity index (χ0) is 8.97. The van der Waals surface area contributed by atoms with E-state index in [9.17, 15) is 10.1 Å². The van der Waals surface area contributed by atoms with Gasteiger partial charge in [0.25, 0.3) is 5.06 Å². The van der Waals surface area contributed by atoms with Crippen LogP contribution in [-0.2, 0) is 0 Å². The van der Waals surface area contributed by atoms with Crippen LogP contribution in [0.15, 0.2) is 11.4 Å². The second-order valence-corrected chi connectivity index (χ2v) is 2.80. The molecule has 0 aromatic carbocycles. The molecule has 0 aliphatic heterocycles. The Bertz CT molecular complexity index is 272. The van der Waals surface area contributed by atoms with E-state index in [2.05, 4.69) is 0 Å². The predicted molar refractivity (Wildman–Crippen MR) is 43.6 cm³/mol. The minimum absolute atomic E-state index is 0.0477. The fourth-order valence-corrected chi connectivity index (χ4v) is 1.41. The SMILES string of the molecule is O=[N+]([O-])c1ccsc1OCCO. The smallest absolute Gasteiger partial charge is 0.322 e. The fourth-order valence-electron chi connectivity index (χ4n) is 0.670. The molecule has 0 atom stereocenters. The molecule has 0 aliphatic rings. The molecule has 0 unspecified atom stereocenters. The van der Waals surface area contributed by atoms with Crippen molar-refractivity contribution in [3.8, 4) is 5.06 Å². The van der Waals surface area contributed by atoms with Crippen LogP contribution in [0.2, 0.25) is 0 Å². The number of ether oxygens (including phenoxy) is 1. The van der Waals surface area contributed by atoms with E-state index in [1.807, 2.05) is 0 Å². The average molecular weight is 189 g/mol. The lowest BCUT2D eigenvalue weighted by Gasteiger charge is -1.98. The Morgan fingerprint density at radius 2 is 2.50 bits per heavy atom. The highest BCUT2D eigenvalue weighted by atomic mass is 32.1. The second kappa shape index (κ2) is 4.03. The molecule has 1 N–H and O–H groups in total. The van der Waals surface area contributed by atoms with Gasteiger partial charge >= 0.3 is 5.69 Å². The summed E-state index contributed by atoms with van der Waals surface area (Å²) in [6, 6.07) is 1.37. The number of rotatable bonds is 4. The first kappa shape index (κ1) is 8.95. The van der Waals surface area contributed by atoms with Crippen LogP contribution in [0.25, 0.3) is 0 Å². The number of aliphatic hydroxyl groups excluding tert-OH is 1. The van der Waals surface area contributed by atoms with Crippen LogP contribution in [0.3, 0.4) is 0 Å². The van der Waals surface area contributed by atoms with Crippen LogP contribution in [-0.4, -0.2) is 23.2 Å². The molecule has 1 aromatic rings. The van der Waals surface area contributed by atoms with E-state index in [4.69, 9.17) is 9.84 Å². The van der Waals surface area contributed by atoms with Gasteiger partial charge in [-0.1, -0.05) is 0 Å². The number of aliphatic hydroxyl groups is 1. The zero-order valence-electron chi connectivity index (χ0n) is 6.10. The Balaban J connectivity index is 2.70. The van der Waals surface area contributed by atoms with Gasteiger partial charge in [-0.25, -0.2) is 0 Å². The molecule has 5 nitrogen and oxygen atoms in total. The number of hydrogen-bond donors (Lipinski definition) is 1. The molecule has 0 bridgehead atoms. The van der Waals surface area contributed by atoms with Crippen molar-refractivity contribution in [1.29, 1.82) is 0 Å². The topological polar surface area (TPSA) is 72.6 Å². The minimum Gasteiger partial charge on any atom is -0.477 e.